The predicted octanol–water partition coefficient (Wildman–Crippen LogP) is -1.04. The molecule has 0 aromatic heterocycles. The second-order valence-corrected chi connectivity index (χ2v) is 2.55. The van der Waals surface area contributed by atoms with Crippen molar-refractivity contribution in [2.75, 3.05) is 21.3 Å². The third kappa shape index (κ3) is 2.38. The fourth-order valence-electron chi connectivity index (χ4n) is 0.868. The van der Waals surface area contributed by atoms with E-state index in [1.807, 2.05) is 0 Å². The van der Waals surface area contributed by atoms with Crippen LogP contribution in [0.1, 0.15) is 0 Å². The Hall–Kier alpha value is -0.693. The van der Waals surface area contributed by atoms with Gasteiger partial charge in [-0.2, -0.15) is 0 Å². The van der Waals surface area contributed by atoms with Crippen molar-refractivity contribution in [1.82, 2.24) is 0 Å². The van der Waals surface area contributed by atoms with Gasteiger partial charge in [0.2, 0.25) is 10.5 Å². The van der Waals surface area contributed by atoms with Crippen LogP contribution < -0.4 is 0 Å². The largest absolute Gasteiger partial charge is 0.525 e. The Morgan fingerprint density at radius 3 is 1.85 bits per heavy atom. The van der Waals surface area contributed by atoms with E-state index >= 15 is 0 Å². The summed E-state index contributed by atoms with van der Waals surface area (Å²) in [6.45, 7) is 3.48. The molecule has 0 aliphatic heterocycles. The molecule has 0 saturated carbocycles. The first-order chi connectivity index (χ1) is 6.07. The van der Waals surface area contributed by atoms with E-state index in [1.54, 1.807) is 0 Å². The van der Waals surface area contributed by atoms with E-state index in [1.165, 1.54) is 21.3 Å². The summed E-state index contributed by atoms with van der Waals surface area (Å²) >= 11 is 0. The third-order valence-electron chi connectivity index (χ3n) is 1.61. The molecule has 0 radical (unpaired) electrons. The SMILES string of the molecule is C=C(C(=O)O[SiH3])C(OC)(OC)OC. The van der Waals surface area contributed by atoms with Gasteiger partial charge in [-0.1, -0.05) is 6.58 Å². The first-order valence-corrected chi connectivity index (χ1v) is 4.32. The van der Waals surface area contributed by atoms with Gasteiger partial charge in [0.1, 0.15) is 5.57 Å². The summed E-state index contributed by atoms with van der Waals surface area (Å²) in [5, 5.41) is 0. The summed E-state index contributed by atoms with van der Waals surface area (Å²) in [7, 11) is 4.32. The Labute approximate surface area is 80.1 Å². The molecule has 0 heterocycles. The maximum atomic E-state index is 11.1. The van der Waals surface area contributed by atoms with Crippen LogP contribution >= 0.6 is 0 Å². The Kier molecular flexibility index (Phi) is 4.85. The molecule has 0 rings (SSSR count). The number of ether oxygens (including phenoxy) is 3. The van der Waals surface area contributed by atoms with Crippen LogP contribution in [0, 0.1) is 0 Å². The molecule has 0 aromatic rings. The van der Waals surface area contributed by atoms with Gasteiger partial charge in [0, 0.05) is 21.3 Å². The van der Waals surface area contributed by atoms with Crippen LogP contribution in [-0.4, -0.2) is 43.8 Å². The molecule has 0 amide bonds. The number of rotatable bonds is 5. The minimum absolute atomic E-state index is 0.0185. The van der Waals surface area contributed by atoms with Gasteiger partial charge in [0.15, 0.2) is 0 Å². The normalized spacial score (nSPS) is 11.3. The highest BCUT2D eigenvalue weighted by Gasteiger charge is 2.38. The van der Waals surface area contributed by atoms with Crippen LogP contribution in [0.4, 0.5) is 0 Å². The van der Waals surface area contributed by atoms with Gasteiger partial charge >= 0.3 is 11.9 Å². The molecule has 0 spiro atoms. The van der Waals surface area contributed by atoms with E-state index in [2.05, 4.69) is 11.0 Å². The van der Waals surface area contributed by atoms with Gasteiger partial charge in [-0.05, 0) is 0 Å². The molecular weight excluding hydrogens is 192 g/mol. The Morgan fingerprint density at radius 1 is 1.23 bits per heavy atom. The molecule has 0 fully saturated rings. The van der Waals surface area contributed by atoms with Crippen molar-refractivity contribution in [1.29, 1.82) is 0 Å². The van der Waals surface area contributed by atoms with E-state index in [4.69, 9.17) is 14.2 Å². The zero-order valence-corrected chi connectivity index (χ0v) is 10.2. The second-order valence-electron chi connectivity index (χ2n) is 2.14. The number of carbonyl (C=O) groups excluding carboxylic acids is 1. The number of hydrogen-bond acceptors (Lipinski definition) is 5. The molecule has 5 nitrogen and oxygen atoms in total. The van der Waals surface area contributed by atoms with Gasteiger partial charge < -0.3 is 18.6 Å². The molecule has 6 heteroatoms. The van der Waals surface area contributed by atoms with Crippen LogP contribution in [0.2, 0.25) is 0 Å². The van der Waals surface area contributed by atoms with Crippen molar-refractivity contribution >= 4 is 16.5 Å². The van der Waals surface area contributed by atoms with Crippen molar-refractivity contribution in [2.45, 2.75) is 5.97 Å². The zero-order chi connectivity index (χ0) is 10.5. The predicted molar refractivity (Wildman–Crippen MR) is 48.9 cm³/mol. The molecule has 0 N–H and O–H groups in total. The van der Waals surface area contributed by atoms with E-state index in [0.29, 0.717) is 0 Å². The van der Waals surface area contributed by atoms with Gasteiger partial charge in [0.25, 0.3) is 0 Å². The van der Waals surface area contributed by atoms with E-state index in [-0.39, 0.29) is 16.1 Å². The Bertz CT molecular complexity index is 191. The van der Waals surface area contributed by atoms with Gasteiger partial charge in [-0.3, -0.25) is 0 Å². The quantitative estimate of drug-likeness (QED) is 0.327. The van der Waals surface area contributed by atoms with E-state index in [9.17, 15) is 4.79 Å². The molecule has 0 aliphatic carbocycles. The van der Waals surface area contributed by atoms with Gasteiger partial charge in [-0.15, -0.1) is 0 Å². The summed E-state index contributed by atoms with van der Waals surface area (Å²) in [6, 6.07) is 0. The highest BCUT2D eigenvalue weighted by Crippen LogP contribution is 2.22. The average Bonchev–Trinajstić information content (AvgIpc) is 2.20. The first kappa shape index (κ1) is 12.3. The Morgan fingerprint density at radius 2 is 1.62 bits per heavy atom. The fraction of sp³-hybridized carbons (Fsp3) is 0.571. The monoisotopic (exact) mass is 206 g/mol. The molecule has 0 unspecified atom stereocenters. The summed E-state index contributed by atoms with van der Waals surface area (Å²) in [4.78, 5) is 11.1. The minimum Gasteiger partial charge on any atom is -0.525 e. The molecular formula is C7H14O5Si. The maximum absolute atomic E-state index is 11.1. The van der Waals surface area contributed by atoms with Crippen molar-refractivity contribution in [3.8, 4) is 0 Å². The van der Waals surface area contributed by atoms with Gasteiger partial charge in [-0.25, -0.2) is 4.79 Å². The molecule has 0 bridgehead atoms. The summed E-state index contributed by atoms with van der Waals surface area (Å²) in [5.74, 6) is -2.13. The highest BCUT2D eigenvalue weighted by atomic mass is 28.2. The van der Waals surface area contributed by atoms with Crippen LogP contribution in [-0.2, 0) is 23.4 Å². The summed E-state index contributed by atoms with van der Waals surface area (Å²) in [6.07, 6.45) is 0. The zero-order valence-electron chi connectivity index (χ0n) is 8.25. The molecule has 0 aromatic carbocycles. The lowest BCUT2D eigenvalue weighted by molar-refractivity contribution is -0.325. The van der Waals surface area contributed by atoms with Crippen molar-refractivity contribution in [3.05, 3.63) is 12.2 Å². The topological polar surface area (TPSA) is 54.0 Å². The smallest absolute Gasteiger partial charge is 0.327 e. The maximum Gasteiger partial charge on any atom is 0.327 e. The number of hydrogen-bond donors (Lipinski definition) is 0. The fourth-order valence-corrected chi connectivity index (χ4v) is 1.11. The van der Waals surface area contributed by atoms with Gasteiger partial charge in [0.05, 0.1) is 0 Å². The van der Waals surface area contributed by atoms with Crippen molar-refractivity contribution in [3.63, 3.8) is 0 Å². The lowest BCUT2D eigenvalue weighted by Gasteiger charge is -2.28. The third-order valence-corrected chi connectivity index (χ3v) is 1.98. The standard InChI is InChI=1S/C7H14O5Si/c1-5(6(8)12-13)7(9-2,10-3)11-4/h1H2,2-4,13H3. The minimum atomic E-state index is -1.54. The lowest BCUT2D eigenvalue weighted by Crippen LogP contribution is -2.41. The number of methoxy groups -OCH3 is 3. The van der Waals surface area contributed by atoms with E-state index in [0.717, 1.165) is 0 Å². The van der Waals surface area contributed by atoms with Crippen LogP contribution in [0.5, 0.6) is 0 Å². The van der Waals surface area contributed by atoms with E-state index < -0.39 is 11.9 Å². The molecule has 76 valence electrons. The molecule has 0 atom stereocenters. The number of carbonyl (C=O) groups is 1. The molecule has 0 saturated heterocycles. The van der Waals surface area contributed by atoms with Crippen LogP contribution in [0.15, 0.2) is 12.2 Å². The van der Waals surface area contributed by atoms with Crippen molar-refractivity contribution in [2.24, 2.45) is 0 Å². The Balaban J connectivity index is 4.73. The van der Waals surface area contributed by atoms with Crippen LogP contribution in [0.3, 0.4) is 0 Å². The highest BCUT2D eigenvalue weighted by molar-refractivity contribution is 6.09. The summed E-state index contributed by atoms with van der Waals surface area (Å²) in [5.41, 5.74) is -0.0185. The second kappa shape index (κ2) is 5.13. The molecule has 13 heavy (non-hydrogen) atoms. The van der Waals surface area contributed by atoms with Crippen LogP contribution in [0.25, 0.3) is 0 Å². The van der Waals surface area contributed by atoms with Crippen molar-refractivity contribution < 1.29 is 23.4 Å². The average molecular weight is 206 g/mol. The summed E-state index contributed by atoms with van der Waals surface area (Å²) < 4.78 is 19.3. The lowest BCUT2D eigenvalue weighted by atomic mass is 10.2. The first-order valence-electron chi connectivity index (χ1n) is 3.51. The molecule has 0 aliphatic rings.